The van der Waals surface area contributed by atoms with E-state index in [4.69, 9.17) is 10.5 Å². The van der Waals surface area contributed by atoms with Crippen LogP contribution in [0.25, 0.3) is 0 Å². The van der Waals surface area contributed by atoms with Crippen LogP contribution in [0.2, 0.25) is 0 Å². The molecule has 0 radical (unpaired) electrons. The molecule has 1 rings (SSSR count). The fourth-order valence-corrected chi connectivity index (χ4v) is 1.80. The van der Waals surface area contributed by atoms with Crippen molar-refractivity contribution in [2.45, 2.75) is 46.6 Å². The number of nitrogens with two attached hydrogens (primary N) is 1. The van der Waals surface area contributed by atoms with Crippen molar-refractivity contribution in [2.24, 2.45) is 0 Å². The SMILES string of the molecule is Cc1cc(OCC(=O)NC(C)C)c(C(C)C)cc1N. The van der Waals surface area contributed by atoms with Crippen molar-refractivity contribution in [3.63, 3.8) is 0 Å². The number of hydrogen-bond acceptors (Lipinski definition) is 3. The zero-order chi connectivity index (χ0) is 14.6. The summed E-state index contributed by atoms with van der Waals surface area (Å²) in [5, 5.41) is 2.80. The molecule has 0 saturated heterocycles. The van der Waals surface area contributed by atoms with E-state index in [2.05, 4.69) is 19.2 Å². The number of rotatable bonds is 5. The standard InChI is InChI=1S/C15H24N2O2/c1-9(2)12-7-13(16)11(5)6-14(12)19-8-15(18)17-10(3)4/h6-7,9-10H,8,16H2,1-5H3,(H,17,18). The van der Waals surface area contributed by atoms with Crippen LogP contribution in [0, 0.1) is 6.92 Å². The third-order valence-corrected chi connectivity index (χ3v) is 2.83. The van der Waals surface area contributed by atoms with E-state index in [9.17, 15) is 4.79 Å². The monoisotopic (exact) mass is 264 g/mol. The second-order valence-electron chi connectivity index (χ2n) is 5.41. The van der Waals surface area contributed by atoms with Gasteiger partial charge < -0.3 is 15.8 Å². The Morgan fingerprint density at radius 1 is 1.32 bits per heavy atom. The molecule has 1 aromatic carbocycles. The Bertz CT molecular complexity index is 454. The average Bonchev–Trinajstić information content (AvgIpc) is 2.29. The average molecular weight is 264 g/mol. The van der Waals surface area contributed by atoms with Gasteiger partial charge in [-0.1, -0.05) is 13.8 Å². The number of aryl methyl sites for hydroxylation is 1. The summed E-state index contributed by atoms with van der Waals surface area (Å²) in [6, 6.07) is 3.94. The zero-order valence-corrected chi connectivity index (χ0v) is 12.4. The van der Waals surface area contributed by atoms with Gasteiger partial charge in [0.05, 0.1) is 0 Å². The van der Waals surface area contributed by atoms with Crippen molar-refractivity contribution in [3.05, 3.63) is 23.3 Å². The van der Waals surface area contributed by atoms with E-state index in [-0.39, 0.29) is 18.6 Å². The van der Waals surface area contributed by atoms with E-state index >= 15 is 0 Å². The fraction of sp³-hybridized carbons (Fsp3) is 0.533. The molecule has 0 atom stereocenters. The third kappa shape index (κ3) is 4.47. The number of carbonyl (C=O) groups is 1. The van der Waals surface area contributed by atoms with Gasteiger partial charge in [-0.3, -0.25) is 4.79 Å². The number of carbonyl (C=O) groups excluding carboxylic acids is 1. The van der Waals surface area contributed by atoms with Gasteiger partial charge in [0.2, 0.25) is 0 Å². The molecule has 1 amide bonds. The van der Waals surface area contributed by atoms with Crippen LogP contribution in [0.4, 0.5) is 5.69 Å². The first-order valence-corrected chi connectivity index (χ1v) is 6.63. The zero-order valence-electron chi connectivity index (χ0n) is 12.4. The number of benzene rings is 1. The van der Waals surface area contributed by atoms with Crippen LogP contribution in [-0.2, 0) is 4.79 Å². The molecule has 19 heavy (non-hydrogen) atoms. The molecule has 4 heteroatoms. The molecule has 0 spiro atoms. The normalized spacial score (nSPS) is 10.9. The van der Waals surface area contributed by atoms with Crippen LogP contribution < -0.4 is 15.8 Å². The minimum absolute atomic E-state index is 0.0290. The van der Waals surface area contributed by atoms with Crippen molar-refractivity contribution in [2.75, 3.05) is 12.3 Å². The Hall–Kier alpha value is -1.71. The lowest BCUT2D eigenvalue weighted by Gasteiger charge is -2.16. The maximum absolute atomic E-state index is 11.6. The predicted molar refractivity (Wildman–Crippen MR) is 78.5 cm³/mol. The molecule has 3 N–H and O–H groups in total. The molecule has 0 aromatic heterocycles. The molecular weight excluding hydrogens is 240 g/mol. The van der Waals surface area contributed by atoms with Gasteiger partial charge >= 0.3 is 0 Å². The van der Waals surface area contributed by atoms with Crippen molar-refractivity contribution < 1.29 is 9.53 Å². The van der Waals surface area contributed by atoms with Gasteiger partial charge in [-0.2, -0.15) is 0 Å². The van der Waals surface area contributed by atoms with Crippen LogP contribution in [-0.4, -0.2) is 18.6 Å². The largest absolute Gasteiger partial charge is 0.483 e. The molecule has 1 aromatic rings. The van der Waals surface area contributed by atoms with Crippen molar-refractivity contribution in [1.82, 2.24) is 5.32 Å². The first kappa shape index (κ1) is 15.3. The summed E-state index contributed by atoms with van der Waals surface area (Å²) in [4.78, 5) is 11.6. The van der Waals surface area contributed by atoms with E-state index in [0.29, 0.717) is 5.92 Å². The maximum Gasteiger partial charge on any atom is 0.258 e. The fourth-order valence-electron chi connectivity index (χ4n) is 1.80. The van der Waals surface area contributed by atoms with E-state index in [0.717, 1.165) is 22.6 Å². The lowest BCUT2D eigenvalue weighted by molar-refractivity contribution is -0.123. The molecule has 0 aliphatic carbocycles. The van der Waals surface area contributed by atoms with Gasteiger partial charge in [0.25, 0.3) is 5.91 Å². The lowest BCUT2D eigenvalue weighted by Crippen LogP contribution is -2.34. The topological polar surface area (TPSA) is 64.3 Å². The van der Waals surface area contributed by atoms with E-state index in [1.807, 2.05) is 32.9 Å². The van der Waals surface area contributed by atoms with Crippen LogP contribution in [0.1, 0.15) is 44.7 Å². The van der Waals surface area contributed by atoms with Crippen molar-refractivity contribution >= 4 is 11.6 Å². The molecule has 106 valence electrons. The first-order chi connectivity index (χ1) is 8.81. The minimum atomic E-state index is -0.112. The van der Waals surface area contributed by atoms with Crippen molar-refractivity contribution in [3.8, 4) is 5.75 Å². The second-order valence-corrected chi connectivity index (χ2v) is 5.41. The maximum atomic E-state index is 11.6. The van der Waals surface area contributed by atoms with Gasteiger partial charge in [-0.25, -0.2) is 0 Å². The molecule has 0 fully saturated rings. The van der Waals surface area contributed by atoms with Gasteiger partial charge in [0.1, 0.15) is 5.75 Å². The third-order valence-electron chi connectivity index (χ3n) is 2.83. The van der Waals surface area contributed by atoms with E-state index in [1.54, 1.807) is 0 Å². The molecule has 0 bridgehead atoms. The summed E-state index contributed by atoms with van der Waals surface area (Å²) in [6.07, 6.45) is 0. The molecule has 0 aliphatic rings. The Labute approximate surface area is 115 Å². The minimum Gasteiger partial charge on any atom is -0.483 e. The van der Waals surface area contributed by atoms with Crippen molar-refractivity contribution in [1.29, 1.82) is 0 Å². The number of nitrogen functional groups attached to an aromatic ring is 1. The number of amides is 1. The highest BCUT2D eigenvalue weighted by atomic mass is 16.5. The molecule has 4 nitrogen and oxygen atoms in total. The highest BCUT2D eigenvalue weighted by molar-refractivity contribution is 5.77. The lowest BCUT2D eigenvalue weighted by atomic mass is 9.99. The molecule has 0 unspecified atom stereocenters. The van der Waals surface area contributed by atoms with Crippen LogP contribution >= 0.6 is 0 Å². The summed E-state index contributed by atoms with van der Waals surface area (Å²) in [5.74, 6) is 0.922. The molecule has 0 aliphatic heterocycles. The number of hydrogen-bond donors (Lipinski definition) is 2. The molecular formula is C15H24N2O2. The van der Waals surface area contributed by atoms with Crippen LogP contribution in [0.3, 0.4) is 0 Å². The number of nitrogens with one attached hydrogen (secondary N) is 1. The second kappa shape index (κ2) is 6.45. The summed E-state index contributed by atoms with van der Waals surface area (Å²) in [5.41, 5.74) is 8.66. The number of anilines is 1. The Morgan fingerprint density at radius 2 is 1.95 bits per heavy atom. The Kier molecular flexibility index (Phi) is 5.21. The quantitative estimate of drug-likeness (QED) is 0.803. The summed E-state index contributed by atoms with van der Waals surface area (Å²) >= 11 is 0. The smallest absolute Gasteiger partial charge is 0.258 e. The highest BCUT2D eigenvalue weighted by Crippen LogP contribution is 2.30. The van der Waals surface area contributed by atoms with Gasteiger partial charge in [0.15, 0.2) is 6.61 Å². The summed E-state index contributed by atoms with van der Waals surface area (Å²) < 4.78 is 5.63. The van der Waals surface area contributed by atoms with E-state index < -0.39 is 0 Å². The predicted octanol–water partition coefficient (Wildman–Crippen LogP) is 2.60. The van der Waals surface area contributed by atoms with Gasteiger partial charge in [0, 0.05) is 11.7 Å². The molecule has 0 saturated carbocycles. The van der Waals surface area contributed by atoms with Crippen LogP contribution in [0.5, 0.6) is 5.75 Å². The molecule has 0 heterocycles. The van der Waals surface area contributed by atoms with Gasteiger partial charge in [-0.15, -0.1) is 0 Å². The summed E-state index contributed by atoms with van der Waals surface area (Å²) in [7, 11) is 0. The van der Waals surface area contributed by atoms with Crippen LogP contribution in [0.15, 0.2) is 12.1 Å². The van der Waals surface area contributed by atoms with E-state index in [1.165, 1.54) is 0 Å². The summed E-state index contributed by atoms with van der Waals surface area (Å²) in [6.45, 7) is 9.95. The number of ether oxygens (including phenoxy) is 1. The highest BCUT2D eigenvalue weighted by Gasteiger charge is 2.12. The Morgan fingerprint density at radius 3 is 2.47 bits per heavy atom. The van der Waals surface area contributed by atoms with Gasteiger partial charge in [-0.05, 0) is 49.9 Å². The Balaban J connectivity index is 2.82. The first-order valence-electron chi connectivity index (χ1n) is 6.63.